The zero-order valence-corrected chi connectivity index (χ0v) is 8.01. The number of phenols is 1. The van der Waals surface area contributed by atoms with Crippen molar-refractivity contribution in [3.05, 3.63) is 28.8 Å². The van der Waals surface area contributed by atoms with E-state index in [2.05, 4.69) is 5.32 Å². The van der Waals surface area contributed by atoms with Gasteiger partial charge in [-0.3, -0.25) is 0 Å². The van der Waals surface area contributed by atoms with Crippen LogP contribution in [0.5, 0.6) is 5.75 Å². The number of hydrogen-bond acceptors (Lipinski definition) is 2. The van der Waals surface area contributed by atoms with Gasteiger partial charge in [0.05, 0.1) is 5.02 Å². The van der Waals surface area contributed by atoms with Crippen LogP contribution in [-0.4, -0.2) is 11.1 Å². The first-order valence-electron chi connectivity index (χ1n) is 4.46. The van der Waals surface area contributed by atoms with Crippen LogP contribution < -0.4 is 5.32 Å². The average Bonchev–Trinajstić information content (AvgIpc) is 2.91. The second kappa shape index (κ2) is 3.56. The summed E-state index contributed by atoms with van der Waals surface area (Å²) in [4.78, 5) is 0. The number of nitrogens with one attached hydrogen (secondary N) is 1. The van der Waals surface area contributed by atoms with Crippen molar-refractivity contribution in [3.8, 4) is 5.75 Å². The molecular weight excluding hydrogens is 186 g/mol. The monoisotopic (exact) mass is 197 g/mol. The Balaban J connectivity index is 1.98. The van der Waals surface area contributed by atoms with Gasteiger partial charge in [-0.05, 0) is 30.5 Å². The number of rotatable bonds is 3. The topological polar surface area (TPSA) is 32.3 Å². The van der Waals surface area contributed by atoms with Crippen molar-refractivity contribution in [3.63, 3.8) is 0 Å². The second-order valence-electron chi connectivity index (χ2n) is 3.44. The fraction of sp³-hybridized carbons (Fsp3) is 0.400. The fourth-order valence-electron chi connectivity index (χ4n) is 1.21. The highest BCUT2D eigenvalue weighted by Gasteiger charge is 2.19. The van der Waals surface area contributed by atoms with Gasteiger partial charge in [-0.25, -0.2) is 0 Å². The minimum Gasteiger partial charge on any atom is -0.506 e. The van der Waals surface area contributed by atoms with Crippen LogP contribution in [0.4, 0.5) is 0 Å². The Morgan fingerprint density at radius 2 is 2.23 bits per heavy atom. The summed E-state index contributed by atoms with van der Waals surface area (Å²) in [6.07, 6.45) is 2.57. The third kappa shape index (κ3) is 2.36. The molecule has 2 nitrogen and oxygen atoms in total. The van der Waals surface area contributed by atoms with Crippen LogP contribution in [0.3, 0.4) is 0 Å². The van der Waals surface area contributed by atoms with Crippen LogP contribution in [0.1, 0.15) is 18.4 Å². The number of hydrogen-bond donors (Lipinski definition) is 2. The van der Waals surface area contributed by atoms with Crippen molar-refractivity contribution in [2.75, 3.05) is 0 Å². The van der Waals surface area contributed by atoms with E-state index in [1.807, 2.05) is 6.07 Å². The maximum atomic E-state index is 9.18. The maximum Gasteiger partial charge on any atom is 0.134 e. The van der Waals surface area contributed by atoms with Gasteiger partial charge in [0.15, 0.2) is 0 Å². The van der Waals surface area contributed by atoms with Gasteiger partial charge in [0.2, 0.25) is 0 Å². The lowest BCUT2D eigenvalue weighted by molar-refractivity contribution is 0.475. The molecule has 13 heavy (non-hydrogen) atoms. The van der Waals surface area contributed by atoms with Gasteiger partial charge in [-0.1, -0.05) is 17.7 Å². The first-order valence-corrected chi connectivity index (χ1v) is 4.84. The molecule has 1 aromatic rings. The molecule has 3 heteroatoms. The van der Waals surface area contributed by atoms with Crippen molar-refractivity contribution >= 4 is 11.6 Å². The van der Waals surface area contributed by atoms with Gasteiger partial charge in [0, 0.05) is 12.6 Å². The van der Waals surface area contributed by atoms with Crippen molar-refractivity contribution < 1.29 is 5.11 Å². The third-order valence-electron chi connectivity index (χ3n) is 2.18. The summed E-state index contributed by atoms with van der Waals surface area (Å²) in [5.74, 6) is 0.150. The molecule has 0 aliphatic heterocycles. The zero-order chi connectivity index (χ0) is 9.26. The van der Waals surface area contributed by atoms with Crippen molar-refractivity contribution in [2.45, 2.75) is 25.4 Å². The van der Waals surface area contributed by atoms with E-state index in [9.17, 15) is 5.11 Å². The first-order chi connectivity index (χ1) is 6.25. The lowest BCUT2D eigenvalue weighted by Crippen LogP contribution is -2.15. The highest BCUT2D eigenvalue weighted by molar-refractivity contribution is 6.32. The van der Waals surface area contributed by atoms with Crippen LogP contribution in [0.25, 0.3) is 0 Å². The molecule has 0 atom stereocenters. The number of aromatic hydroxyl groups is 1. The minimum atomic E-state index is 0.150. The molecule has 0 amide bonds. The van der Waals surface area contributed by atoms with E-state index in [-0.39, 0.29) is 5.75 Å². The predicted octanol–water partition coefficient (Wildman–Crippen LogP) is 2.30. The summed E-state index contributed by atoms with van der Waals surface area (Å²) in [7, 11) is 0. The minimum absolute atomic E-state index is 0.150. The van der Waals surface area contributed by atoms with Crippen molar-refractivity contribution in [1.82, 2.24) is 5.32 Å². The Morgan fingerprint density at radius 1 is 1.46 bits per heavy atom. The van der Waals surface area contributed by atoms with Gasteiger partial charge in [0.25, 0.3) is 0 Å². The molecule has 0 spiro atoms. The molecule has 1 saturated carbocycles. The van der Waals surface area contributed by atoms with Crippen molar-refractivity contribution in [1.29, 1.82) is 0 Å². The molecule has 0 bridgehead atoms. The van der Waals surface area contributed by atoms with Crippen LogP contribution in [0.2, 0.25) is 5.02 Å². The first kappa shape index (κ1) is 8.85. The van der Waals surface area contributed by atoms with E-state index in [1.54, 1.807) is 12.1 Å². The maximum absolute atomic E-state index is 9.18. The number of phenolic OH excluding ortho intramolecular Hbond substituents is 1. The molecule has 1 aromatic carbocycles. The summed E-state index contributed by atoms with van der Waals surface area (Å²) in [6, 6.07) is 6.02. The molecule has 2 rings (SSSR count). The van der Waals surface area contributed by atoms with E-state index < -0.39 is 0 Å². The quantitative estimate of drug-likeness (QED) is 0.780. The van der Waals surface area contributed by atoms with Crippen molar-refractivity contribution in [2.24, 2.45) is 0 Å². The van der Waals surface area contributed by atoms with E-state index in [1.165, 1.54) is 12.8 Å². The van der Waals surface area contributed by atoms with Gasteiger partial charge < -0.3 is 10.4 Å². The Labute approximate surface area is 82.5 Å². The highest BCUT2D eigenvalue weighted by atomic mass is 35.5. The van der Waals surface area contributed by atoms with E-state index in [0.29, 0.717) is 11.1 Å². The average molecular weight is 198 g/mol. The molecule has 2 N–H and O–H groups in total. The Hall–Kier alpha value is -0.730. The lowest BCUT2D eigenvalue weighted by Gasteiger charge is -2.04. The molecule has 0 aromatic heterocycles. The Morgan fingerprint density at radius 3 is 2.85 bits per heavy atom. The molecule has 70 valence electrons. The number of halogens is 1. The molecule has 0 heterocycles. The summed E-state index contributed by atoms with van der Waals surface area (Å²) in [5, 5.41) is 13.0. The fourth-order valence-corrected chi connectivity index (χ4v) is 1.41. The Kier molecular flexibility index (Phi) is 2.42. The summed E-state index contributed by atoms with van der Waals surface area (Å²) < 4.78 is 0. The number of benzene rings is 1. The van der Waals surface area contributed by atoms with Gasteiger partial charge in [-0.2, -0.15) is 0 Å². The van der Waals surface area contributed by atoms with Crippen LogP contribution >= 0.6 is 11.6 Å². The molecule has 1 fully saturated rings. The van der Waals surface area contributed by atoms with Crippen LogP contribution in [-0.2, 0) is 6.54 Å². The molecule has 0 saturated heterocycles. The SMILES string of the molecule is Oc1ccc(CNC2CC2)cc1Cl. The van der Waals surface area contributed by atoms with E-state index in [4.69, 9.17) is 11.6 Å². The molecule has 0 radical (unpaired) electrons. The molecule has 0 unspecified atom stereocenters. The summed E-state index contributed by atoms with van der Waals surface area (Å²) >= 11 is 5.77. The van der Waals surface area contributed by atoms with Gasteiger partial charge in [-0.15, -0.1) is 0 Å². The standard InChI is InChI=1S/C10H12ClNO/c11-9-5-7(1-4-10(9)13)6-12-8-2-3-8/h1,4-5,8,12-13H,2-3,6H2. The summed E-state index contributed by atoms with van der Waals surface area (Å²) in [5.41, 5.74) is 1.12. The summed E-state index contributed by atoms with van der Waals surface area (Å²) in [6.45, 7) is 0.838. The highest BCUT2D eigenvalue weighted by Crippen LogP contribution is 2.24. The van der Waals surface area contributed by atoms with Crippen LogP contribution in [0, 0.1) is 0 Å². The molecule has 1 aliphatic carbocycles. The zero-order valence-electron chi connectivity index (χ0n) is 7.26. The lowest BCUT2D eigenvalue weighted by atomic mass is 10.2. The third-order valence-corrected chi connectivity index (χ3v) is 2.49. The molecule has 1 aliphatic rings. The second-order valence-corrected chi connectivity index (χ2v) is 3.85. The van der Waals surface area contributed by atoms with Gasteiger partial charge >= 0.3 is 0 Å². The van der Waals surface area contributed by atoms with Gasteiger partial charge in [0.1, 0.15) is 5.75 Å². The molecular formula is C10H12ClNO. The predicted molar refractivity (Wildman–Crippen MR) is 53.0 cm³/mol. The smallest absolute Gasteiger partial charge is 0.134 e. The van der Waals surface area contributed by atoms with Crippen LogP contribution in [0.15, 0.2) is 18.2 Å². The largest absolute Gasteiger partial charge is 0.506 e. The van der Waals surface area contributed by atoms with E-state index in [0.717, 1.165) is 12.1 Å². The normalized spacial score (nSPS) is 16.1. The Bertz CT molecular complexity index is 310. The van der Waals surface area contributed by atoms with E-state index >= 15 is 0 Å².